The number of hydrogen-bond donors (Lipinski definition) is 0. The van der Waals surface area contributed by atoms with Gasteiger partial charge in [-0.15, -0.1) is 0 Å². The molecule has 23 heavy (non-hydrogen) atoms. The van der Waals surface area contributed by atoms with Gasteiger partial charge in [0.1, 0.15) is 0 Å². The van der Waals surface area contributed by atoms with E-state index in [9.17, 15) is 0 Å². The van der Waals surface area contributed by atoms with Crippen LogP contribution >= 0.6 is 22.9 Å². The minimum absolute atomic E-state index is 0.504. The van der Waals surface area contributed by atoms with E-state index in [1.807, 2.05) is 7.11 Å². The molecule has 0 bridgehead atoms. The van der Waals surface area contributed by atoms with E-state index < -0.39 is 0 Å². The zero-order chi connectivity index (χ0) is 16.1. The van der Waals surface area contributed by atoms with Crippen LogP contribution in [0.5, 0.6) is 0 Å². The van der Waals surface area contributed by atoms with E-state index in [1.54, 1.807) is 0 Å². The molecular weight excluding hydrogens is 403 g/mol. The molecule has 3 fully saturated rings. The number of nitrogens with zero attached hydrogens (tertiary/aromatic N) is 2. The first kappa shape index (κ1) is 18.4. The first-order valence-corrected chi connectivity index (χ1v) is 10.5. The summed E-state index contributed by atoms with van der Waals surface area (Å²) in [5, 5.41) is 0. The van der Waals surface area contributed by atoms with Crippen LogP contribution in [-0.4, -0.2) is 66.2 Å². The number of rotatable bonds is 5. The maximum Gasteiger partial charge on any atom is 0.0603 e. The molecule has 2 heterocycles. The third-order valence-electron chi connectivity index (χ3n) is 5.95. The standard InChI is InChI=1S/C18H33IN2O2/c1-22-16-6-10-20(11-7-16)14-15-2-4-17(5-3-15)23-18-8-12-21(19)13-9-18/h15-18H,2-14H2,1H3. The van der Waals surface area contributed by atoms with Crippen LogP contribution in [0.1, 0.15) is 51.4 Å². The van der Waals surface area contributed by atoms with Crippen LogP contribution in [0.4, 0.5) is 0 Å². The van der Waals surface area contributed by atoms with Gasteiger partial charge in [0.15, 0.2) is 0 Å². The summed E-state index contributed by atoms with van der Waals surface area (Å²) in [4.78, 5) is 2.66. The van der Waals surface area contributed by atoms with Gasteiger partial charge in [-0.05, 0) is 57.3 Å². The third kappa shape index (κ3) is 5.80. The lowest BCUT2D eigenvalue weighted by Gasteiger charge is -2.37. The van der Waals surface area contributed by atoms with Crippen molar-refractivity contribution in [1.29, 1.82) is 0 Å². The fraction of sp³-hybridized carbons (Fsp3) is 1.00. The summed E-state index contributed by atoms with van der Waals surface area (Å²) in [5.41, 5.74) is 0. The average Bonchev–Trinajstić information content (AvgIpc) is 2.59. The number of halogens is 1. The van der Waals surface area contributed by atoms with E-state index in [2.05, 4.69) is 30.9 Å². The molecule has 4 nitrogen and oxygen atoms in total. The lowest BCUT2D eigenvalue weighted by atomic mass is 9.86. The second-order valence-electron chi connectivity index (χ2n) is 7.62. The van der Waals surface area contributed by atoms with Crippen LogP contribution in [0.25, 0.3) is 0 Å². The highest BCUT2D eigenvalue weighted by atomic mass is 127. The summed E-state index contributed by atoms with van der Waals surface area (Å²) in [5.74, 6) is 0.894. The van der Waals surface area contributed by atoms with Gasteiger partial charge in [-0.3, -0.25) is 0 Å². The van der Waals surface area contributed by atoms with Gasteiger partial charge in [0, 0.05) is 62.7 Å². The molecule has 0 atom stereocenters. The zero-order valence-electron chi connectivity index (χ0n) is 14.6. The molecule has 3 rings (SSSR count). The Morgan fingerprint density at radius 3 is 1.96 bits per heavy atom. The molecule has 5 heteroatoms. The molecular formula is C18H33IN2O2. The highest BCUT2D eigenvalue weighted by Gasteiger charge is 2.28. The van der Waals surface area contributed by atoms with E-state index >= 15 is 0 Å². The Labute approximate surface area is 155 Å². The van der Waals surface area contributed by atoms with Gasteiger partial charge < -0.3 is 14.4 Å². The summed E-state index contributed by atoms with van der Waals surface area (Å²) >= 11 is 2.44. The predicted octanol–water partition coefficient (Wildman–Crippen LogP) is 3.49. The summed E-state index contributed by atoms with van der Waals surface area (Å²) in [6, 6.07) is 0. The van der Waals surface area contributed by atoms with Crippen LogP contribution in [0, 0.1) is 5.92 Å². The van der Waals surface area contributed by atoms with Crippen molar-refractivity contribution in [2.24, 2.45) is 5.92 Å². The Hall–Kier alpha value is 0.570. The van der Waals surface area contributed by atoms with Crippen molar-refractivity contribution in [3.05, 3.63) is 0 Å². The van der Waals surface area contributed by atoms with Gasteiger partial charge in [0.05, 0.1) is 18.3 Å². The smallest absolute Gasteiger partial charge is 0.0603 e. The Morgan fingerprint density at radius 1 is 0.783 bits per heavy atom. The lowest BCUT2D eigenvalue weighted by molar-refractivity contribution is -0.0549. The Bertz CT molecular complexity index is 334. The molecule has 0 N–H and O–H groups in total. The second-order valence-corrected chi connectivity index (χ2v) is 8.99. The Morgan fingerprint density at radius 2 is 1.35 bits per heavy atom. The van der Waals surface area contributed by atoms with Gasteiger partial charge in [-0.1, -0.05) is 0 Å². The topological polar surface area (TPSA) is 24.9 Å². The van der Waals surface area contributed by atoms with Crippen molar-refractivity contribution >= 4 is 22.9 Å². The fourth-order valence-electron chi connectivity index (χ4n) is 4.38. The molecule has 0 spiro atoms. The van der Waals surface area contributed by atoms with Gasteiger partial charge >= 0.3 is 0 Å². The van der Waals surface area contributed by atoms with E-state index in [4.69, 9.17) is 9.47 Å². The number of piperidine rings is 2. The first-order chi connectivity index (χ1) is 11.2. The lowest BCUT2D eigenvalue weighted by Crippen LogP contribution is -2.41. The molecule has 0 unspecified atom stereocenters. The number of ether oxygens (including phenoxy) is 2. The quantitative estimate of drug-likeness (QED) is 0.487. The second kappa shape index (κ2) is 9.32. The van der Waals surface area contributed by atoms with Gasteiger partial charge in [-0.25, -0.2) is 3.11 Å². The molecule has 0 amide bonds. The Kier molecular flexibility index (Phi) is 7.44. The number of hydrogen-bond acceptors (Lipinski definition) is 4. The molecule has 1 saturated carbocycles. The van der Waals surface area contributed by atoms with Crippen molar-refractivity contribution in [3.63, 3.8) is 0 Å². The van der Waals surface area contributed by atoms with E-state index in [0.717, 1.165) is 5.92 Å². The summed E-state index contributed by atoms with van der Waals surface area (Å²) < 4.78 is 14.3. The molecule has 1 aliphatic carbocycles. The number of likely N-dealkylation sites (tertiary alicyclic amines) is 1. The molecule has 0 radical (unpaired) electrons. The summed E-state index contributed by atoms with van der Waals surface area (Å²) in [6.07, 6.45) is 11.7. The largest absolute Gasteiger partial charge is 0.381 e. The molecule has 0 aromatic heterocycles. The van der Waals surface area contributed by atoms with E-state index in [-0.39, 0.29) is 0 Å². The molecule has 0 aromatic carbocycles. The molecule has 0 aromatic rings. The van der Waals surface area contributed by atoms with E-state index in [1.165, 1.54) is 84.1 Å². The van der Waals surface area contributed by atoms with Crippen molar-refractivity contribution in [2.45, 2.75) is 69.7 Å². The molecule has 3 aliphatic rings. The maximum atomic E-state index is 6.39. The van der Waals surface area contributed by atoms with E-state index in [0.29, 0.717) is 18.3 Å². The van der Waals surface area contributed by atoms with Crippen LogP contribution in [0.2, 0.25) is 0 Å². The van der Waals surface area contributed by atoms with Gasteiger partial charge in [0.25, 0.3) is 0 Å². The van der Waals surface area contributed by atoms with Gasteiger partial charge in [-0.2, -0.15) is 0 Å². The van der Waals surface area contributed by atoms with Crippen LogP contribution in [0.3, 0.4) is 0 Å². The maximum absolute atomic E-state index is 6.39. The SMILES string of the molecule is COC1CCN(CC2CCC(OC3CCN(I)CC3)CC2)CC1. The van der Waals surface area contributed by atoms with Crippen molar-refractivity contribution in [1.82, 2.24) is 8.01 Å². The van der Waals surface area contributed by atoms with Gasteiger partial charge in [0.2, 0.25) is 0 Å². The van der Waals surface area contributed by atoms with Crippen LogP contribution in [0.15, 0.2) is 0 Å². The fourth-order valence-corrected chi connectivity index (χ4v) is 4.93. The Balaban J connectivity index is 1.31. The normalized spacial score (nSPS) is 33.1. The molecule has 2 aliphatic heterocycles. The number of methoxy groups -OCH3 is 1. The molecule has 2 saturated heterocycles. The highest BCUT2D eigenvalue weighted by Crippen LogP contribution is 2.30. The van der Waals surface area contributed by atoms with Crippen LogP contribution in [-0.2, 0) is 9.47 Å². The minimum Gasteiger partial charge on any atom is -0.381 e. The minimum atomic E-state index is 0.504. The predicted molar refractivity (Wildman–Crippen MR) is 102 cm³/mol. The highest BCUT2D eigenvalue weighted by molar-refractivity contribution is 14.1. The zero-order valence-corrected chi connectivity index (χ0v) is 16.7. The van der Waals surface area contributed by atoms with Crippen molar-refractivity contribution in [3.8, 4) is 0 Å². The first-order valence-electron chi connectivity index (χ1n) is 9.54. The third-order valence-corrected chi connectivity index (χ3v) is 6.92. The van der Waals surface area contributed by atoms with Crippen molar-refractivity contribution < 1.29 is 9.47 Å². The van der Waals surface area contributed by atoms with Crippen LogP contribution < -0.4 is 0 Å². The monoisotopic (exact) mass is 436 g/mol. The summed E-state index contributed by atoms with van der Waals surface area (Å²) in [7, 11) is 1.85. The molecule has 134 valence electrons. The summed E-state index contributed by atoms with van der Waals surface area (Å²) in [6.45, 7) is 6.14. The van der Waals surface area contributed by atoms with Crippen molar-refractivity contribution in [2.75, 3.05) is 39.8 Å². The average molecular weight is 436 g/mol.